The van der Waals surface area contributed by atoms with Crippen LogP contribution in [0.3, 0.4) is 0 Å². The van der Waals surface area contributed by atoms with Gasteiger partial charge < -0.3 is 16.4 Å². The molecule has 1 aromatic carbocycles. The normalized spacial score (nSPS) is 15.1. The van der Waals surface area contributed by atoms with Gasteiger partial charge in [-0.2, -0.15) is 11.8 Å². The van der Waals surface area contributed by atoms with E-state index < -0.39 is 0 Å². The Morgan fingerprint density at radius 3 is 3.06 bits per heavy atom. The highest BCUT2D eigenvalue weighted by Gasteiger charge is 2.19. The topological polar surface area (TPSA) is 67.1 Å². The Kier molecular flexibility index (Phi) is 4.01. The van der Waals surface area contributed by atoms with Crippen LogP contribution in [0.5, 0.6) is 0 Å². The molecule has 1 unspecified atom stereocenters. The summed E-state index contributed by atoms with van der Waals surface area (Å²) in [7, 11) is 0. The minimum atomic E-state index is 0.0392. The van der Waals surface area contributed by atoms with Crippen molar-refractivity contribution in [3.05, 3.63) is 17.7 Å². The van der Waals surface area contributed by atoms with Crippen molar-refractivity contribution in [2.75, 3.05) is 34.9 Å². The number of hydrogen-bond donors (Lipinski definition) is 3. The monoisotopic (exact) mass is 265 g/mol. The van der Waals surface area contributed by atoms with Crippen molar-refractivity contribution < 1.29 is 4.79 Å². The first-order valence-corrected chi connectivity index (χ1v) is 7.44. The molecule has 98 valence electrons. The third kappa shape index (κ3) is 2.90. The zero-order chi connectivity index (χ0) is 13.1. The second-order valence-corrected chi connectivity index (χ2v) is 5.67. The number of thioether (sulfide) groups is 1. The molecule has 1 heterocycles. The molecule has 5 heteroatoms. The first-order valence-electron chi connectivity index (χ1n) is 6.05. The van der Waals surface area contributed by atoms with E-state index in [9.17, 15) is 4.79 Å². The standard InChI is InChI=1S/C13H19N3OS/c1-8(7-18-2)6-15-12-5-11-9(3-10(12)14)4-13(17)16-11/h3,5,8,15H,4,6-7,14H2,1-2H3,(H,16,17). The van der Waals surface area contributed by atoms with Crippen LogP contribution in [0.25, 0.3) is 0 Å². The molecule has 0 aromatic heterocycles. The zero-order valence-electron chi connectivity index (χ0n) is 10.7. The van der Waals surface area contributed by atoms with Crippen molar-refractivity contribution in [2.24, 2.45) is 5.92 Å². The smallest absolute Gasteiger partial charge is 0.228 e. The van der Waals surface area contributed by atoms with E-state index in [4.69, 9.17) is 5.73 Å². The van der Waals surface area contributed by atoms with E-state index in [1.165, 1.54) is 0 Å². The molecule has 0 bridgehead atoms. The number of rotatable bonds is 5. The highest BCUT2D eigenvalue weighted by Crippen LogP contribution is 2.31. The Balaban J connectivity index is 2.06. The van der Waals surface area contributed by atoms with Gasteiger partial charge in [0.15, 0.2) is 0 Å². The predicted molar refractivity (Wildman–Crippen MR) is 79.2 cm³/mol. The van der Waals surface area contributed by atoms with Crippen LogP contribution in [0.2, 0.25) is 0 Å². The van der Waals surface area contributed by atoms with Gasteiger partial charge in [0.25, 0.3) is 0 Å². The summed E-state index contributed by atoms with van der Waals surface area (Å²) in [6.45, 7) is 3.09. The van der Waals surface area contributed by atoms with Crippen molar-refractivity contribution in [1.82, 2.24) is 0 Å². The van der Waals surface area contributed by atoms with E-state index in [0.29, 0.717) is 18.0 Å². The fourth-order valence-corrected chi connectivity index (χ4v) is 2.76. The van der Waals surface area contributed by atoms with Crippen LogP contribution in [0, 0.1) is 5.92 Å². The van der Waals surface area contributed by atoms with Crippen molar-refractivity contribution in [3.8, 4) is 0 Å². The Morgan fingerprint density at radius 1 is 1.56 bits per heavy atom. The zero-order valence-corrected chi connectivity index (χ0v) is 11.6. The second kappa shape index (κ2) is 5.52. The van der Waals surface area contributed by atoms with Crippen LogP contribution >= 0.6 is 11.8 Å². The highest BCUT2D eigenvalue weighted by molar-refractivity contribution is 7.98. The van der Waals surface area contributed by atoms with Gasteiger partial charge in [0.05, 0.1) is 17.8 Å². The van der Waals surface area contributed by atoms with E-state index >= 15 is 0 Å². The Labute approximate surface area is 112 Å². The highest BCUT2D eigenvalue weighted by atomic mass is 32.2. The van der Waals surface area contributed by atoms with Gasteiger partial charge in [0.1, 0.15) is 0 Å². The van der Waals surface area contributed by atoms with Gasteiger partial charge in [-0.05, 0) is 35.6 Å². The Morgan fingerprint density at radius 2 is 2.33 bits per heavy atom. The Hall–Kier alpha value is -1.36. The molecule has 0 saturated carbocycles. The quantitative estimate of drug-likeness (QED) is 0.714. The Bertz CT molecular complexity index is 462. The molecule has 4 nitrogen and oxygen atoms in total. The number of amides is 1. The summed E-state index contributed by atoms with van der Waals surface area (Å²) in [6, 6.07) is 3.82. The molecule has 1 atom stereocenters. The summed E-state index contributed by atoms with van der Waals surface area (Å²) in [5.74, 6) is 1.74. The number of fused-ring (bicyclic) bond motifs is 1. The molecule has 18 heavy (non-hydrogen) atoms. The average Bonchev–Trinajstić information content (AvgIpc) is 2.65. The van der Waals surface area contributed by atoms with E-state index in [0.717, 1.165) is 29.2 Å². The maximum atomic E-state index is 11.3. The number of carbonyl (C=O) groups is 1. The minimum Gasteiger partial charge on any atom is -0.397 e. The van der Waals surface area contributed by atoms with Gasteiger partial charge in [0, 0.05) is 12.2 Å². The first-order chi connectivity index (χ1) is 8.60. The van der Waals surface area contributed by atoms with Gasteiger partial charge in [0.2, 0.25) is 5.91 Å². The summed E-state index contributed by atoms with van der Waals surface area (Å²) in [5, 5.41) is 6.19. The van der Waals surface area contributed by atoms with Crippen molar-refractivity contribution in [1.29, 1.82) is 0 Å². The second-order valence-electron chi connectivity index (χ2n) is 4.76. The van der Waals surface area contributed by atoms with Crippen LogP contribution < -0.4 is 16.4 Å². The number of nitrogens with two attached hydrogens (primary N) is 1. The lowest BCUT2D eigenvalue weighted by molar-refractivity contribution is -0.115. The van der Waals surface area contributed by atoms with Crippen LogP contribution in [0.4, 0.5) is 17.1 Å². The largest absolute Gasteiger partial charge is 0.397 e. The van der Waals surface area contributed by atoms with Crippen LogP contribution in [-0.4, -0.2) is 24.5 Å². The molecule has 0 fully saturated rings. The average molecular weight is 265 g/mol. The molecule has 0 aliphatic carbocycles. The number of anilines is 3. The maximum absolute atomic E-state index is 11.3. The molecular weight excluding hydrogens is 246 g/mol. The lowest BCUT2D eigenvalue weighted by Crippen LogP contribution is -2.14. The molecule has 1 aliphatic heterocycles. The van der Waals surface area contributed by atoms with Crippen molar-refractivity contribution in [3.63, 3.8) is 0 Å². The van der Waals surface area contributed by atoms with Gasteiger partial charge >= 0.3 is 0 Å². The van der Waals surface area contributed by atoms with E-state index in [1.807, 2.05) is 23.9 Å². The number of nitrogens with one attached hydrogen (secondary N) is 2. The van der Waals surface area contributed by atoms with Gasteiger partial charge in [-0.25, -0.2) is 0 Å². The van der Waals surface area contributed by atoms with Gasteiger partial charge in [-0.1, -0.05) is 6.92 Å². The summed E-state index contributed by atoms with van der Waals surface area (Å²) in [5.41, 5.74) is 9.48. The molecule has 2 rings (SSSR count). The fraction of sp³-hybridized carbons (Fsp3) is 0.462. The summed E-state index contributed by atoms with van der Waals surface area (Å²) < 4.78 is 0. The number of nitrogen functional groups attached to an aromatic ring is 1. The number of carbonyl (C=O) groups excluding carboxylic acids is 1. The van der Waals surface area contributed by atoms with Crippen LogP contribution in [0.15, 0.2) is 12.1 Å². The molecule has 0 spiro atoms. The maximum Gasteiger partial charge on any atom is 0.228 e. The molecule has 0 radical (unpaired) electrons. The molecule has 0 saturated heterocycles. The lowest BCUT2D eigenvalue weighted by atomic mass is 10.1. The summed E-state index contributed by atoms with van der Waals surface area (Å²) >= 11 is 1.84. The minimum absolute atomic E-state index is 0.0392. The number of hydrogen-bond acceptors (Lipinski definition) is 4. The number of benzene rings is 1. The van der Waals surface area contributed by atoms with E-state index in [-0.39, 0.29) is 5.91 Å². The molecule has 1 aromatic rings. The van der Waals surface area contributed by atoms with E-state index in [1.54, 1.807) is 0 Å². The van der Waals surface area contributed by atoms with Crippen molar-refractivity contribution >= 4 is 34.7 Å². The molecule has 1 amide bonds. The molecule has 1 aliphatic rings. The van der Waals surface area contributed by atoms with Gasteiger partial charge in [-0.3, -0.25) is 4.79 Å². The summed E-state index contributed by atoms with van der Waals surface area (Å²) in [4.78, 5) is 11.3. The van der Waals surface area contributed by atoms with Crippen LogP contribution in [0.1, 0.15) is 12.5 Å². The molecule has 4 N–H and O–H groups in total. The van der Waals surface area contributed by atoms with Crippen LogP contribution in [-0.2, 0) is 11.2 Å². The van der Waals surface area contributed by atoms with Gasteiger partial charge in [-0.15, -0.1) is 0 Å². The molecular formula is C13H19N3OS. The lowest BCUT2D eigenvalue weighted by Gasteiger charge is -2.15. The first kappa shape index (κ1) is 13.1. The predicted octanol–water partition coefficient (Wildman–Crippen LogP) is 2.17. The summed E-state index contributed by atoms with van der Waals surface area (Å²) in [6.07, 6.45) is 2.54. The fourth-order valence-electron chi connectivity index (χ4n) is 2.07. The SMILES string of the molecule is CSCC(C)CNc1cc2c(cc1N)CC(=O)N2. The van der Waals surface area contributed by atoms with E-state index in [2.05, 4.69) is 23.8 Å². The third-order valence-corrected chi connectivity index (χ3v) is 3.89. The van der Waals surface area contributed by atoms with Crippen molar-refractivity contribution in [2.45, 2.75) is 13.3 Å². The third-order valence-electron chi connectivity index (χ3n) is 2.99.